The number of carbonyl (C=O) groups excluding carboxylic acids is 1. The molecular weight excluding hydrogens is 299 g/mol. The summed E-state index contributed by atoms with van der Waals surface area (Å²) in [6, 6.07) is 4.30. The van der Waals surface area contributed by atoms with Crippen molar-refractivity contribution in [3.8, 4) is 5.75 Å². The number of amides is 1. The normalized spacial score (nSPS) is 16.3. The fourth-order valence-electron chi connectivity index (χ4n) is 2.66. The largest absolute Gasteiger partial charge is 0.480 e. The Morgan fingerprint density at radius 3 is 3.13 bits per heavy atom. The highest BCUT2D eigenvalue weighted by Gasteiger charge is 2.29. The van der Waals surface area contributed by atoms with Gasteiger partial charge in [-0.2, -0.15) is 0 Å². The summed E-state index contributed by atoms with van der Waals surface area (Å²) < 4.78 is 20.7. The molecule has 0 unspecified atom stereocenters. The molecule has 2 aromatic rings. The van der Waals surface area contributed by atoms with Gasteiger partial charge in [0, 0.05) is 31.0 Å². The first-order valence-corrected chi connectivity index (χ1v) is 7.65. The summed E-state index contributed by atoms with van der Waals surface area (Å²) in [7, 11) is 0. The van der Waals surface area contributed by atoms with Crippen LogP contribution in [-0.2, 0) is 17.8 Å². The summed E-state index contributed by atoms with van der Waals surface area (Å²) >= 11 is 0. The zero-order chi connectivity index (χ0) is 16.4. The molecular formula is C16H19FN4O2. The van der Waals surface area contributed by atoms with Crippen LogP contribution in [0.3, 0.4) is 0 Å². The Bertz CT molecular complexity index is 714. The highest BCUT2D eigenvalue weighted by atomic mass is 19.1. The molecule has 1 atom stereocenters. The Morgan fingerprint density at radius 2 is 2.35 bits per heavy atom. The molecule has 0 radical (unpaired) electrons. The van der Waals surface area contributed by atoms with Crippen LogP contribution in [-0.4, -0.2) is 33.3 Å². The van der Waals surface area contributed by atoms with Crippen LogP contribution in [0.2, 0.25) is 0 Å². The highest BCUT2D eigenvalue weighted by Crippen LogP contribution is 2.29. The number of halogens is 1. The van der Waals surface area contributed by atoms with Crippen LogP contribution in [0.15, 0.2) is 24.5 Å². The van der Waals surface area contributed by atoms with Crippen LogP contribution in [0.4, 0.5) is 4.39 Å². The lowest BCUT2D eigenvalue weighted by Crippen LogP contribution is -2.39. The molecule has 1 N–H and O–H groups in total. The first-order chi connectivity index (χ1) is 11.0. The van der Waals surface area contributed by atoms with Crippen LogP contribution in [0.1, 0.15) is 31.2 Å². The standard InChI is InChI=1S/C16H19FN4O2/c1-10(2)15-20-19-9-21(15)6-5-18-16(22)14-8-11-7-12(17)3-4-13(11)23-14/h3-4,7,9-10,14H,5-6,8H2,1-2H3,(H,18,22)/t14-/m0/s1. The molecule has 23 heavy (non-hydrogen) atoms. The highest BCUT2D eigenvalue weighted by molar-refractivity contribution is 5.82. The average Bonchev–Trinajstić information content (AvgIpc) is 3.12. The molecule has 0 fully saturated rings. The number of hydrogen-bond donors (Lipinski definition) is 1. The summed E-state index contributed by atoms with van der Waals surface area (Å²) in [6.45, 7) is 5.14. The molecule has 0 saturated carbocycles. The number of ether oxygens (including phenoxy) is 1. The van der Waals surface area contributed by atoms with Gasteiger partial charge in [0.2, 0.25) is 0 Å². The average molecular weight is 318 g/mol. The minimum Gasteiger partial charge on any atom is -0.480 e. The number of carbonyl (C=O) groups is 1. The van der Waals surface area contributed by atoms with Crippen molar-refractivity contribution in [3.05, 3.63) is 41.7 Å². The molecule has 0 saturated heterocycles. The summed E-state index contributed by atoms with van der Waals surface area (Å²) in [5.41, 5.74) is 0.728. The molecule has 2 heterocycles. The van der Waals surface area contributed by atoms with Gasteiger partial charge in [0.15, 0.2) is 6.10 Å². The van der Waals surface area contributed by atoms with E-state index < -0.39 is 6.10 Å². The molecule has 0 bridgehead atoms. The van der Waals surface area contributed by atoms with Crippen molar-refractivity contribution < 1.29 is 13.9 Å². The lowest BCUT2D eigenvalue weighted by Gasteiger charge is -2.13. The van der Waals surface area contributed by atoms with Crippen molar-refractivity contribution >= 4 is 5.91 Å². The Hall–Kier alpha value is -2.44. The van der Waals surface area contributed by atoms with Crippen molar-refractivity contribution in [1.82, 2.24) is 20.1 Å². The molecule has 1 aromatic carbocycles. The maximum Gasteiger partial charge on any atom is 0.261 e. The third kappa shape index (κ3) is 3.33. The van der Waals surface area contributed by atoms with Gasteiger partial charge in [-0.05, 0) is 18.2 Å². The number of nitrogens with zero attached hydrogens (tertiary/aromatic N) is 3. The minimum atomic E-state index is -0.600. The van der Waals surface area contributed by atoms with E-state index in [2.05, 4.69) is 15.5 Å². The number of rotatable bonds is 5. The summed E-state index contributed by atoms with van der Waals surface area (Å²) in [4.78, 5) is 12.2. The molecule has 6 nitrogen and oxygen atoms in total. The maximum absolute atomic E-state index is 13.2. The van der Waals surface area contributed by atoms with E-state index >= 15 is 0 Å². The van der Waals surface area contributed by atoms with Gasteiger partial charge in [0.05, 0.1) is 0 Å². The van der Waals surface area contributed by atoms with Crippen LogP contribution < -0.4 is 10.1 Å². The van der Waals surface area contributed by atoms with Gasteiger partial charge in [-0.25, -0.2) is 4.39 Å². The smallest absolute Gasteiger partial charge is 0.261 e. The first kappa shape index (κ1) is 15.5. The quantitative estimate of drug-likeness (QED) is 0.910. The summed E-state index contributed by atoms with van der Waals surface area (Å²) in [5, 5.41) is 10.8. The molecule has 7 heteroatoms. The molecule has 3 rings (SSSR count). The SMILES string of the molecule is CC(C)c1nncn1CCNC(=O)[C@@H]1Cc2cc(F)ccc2O1. The molecule has 1 amide bonds. The topological polar surface area (TPSA) is 69.0 Å². The monoisotopic (exact) mass is 318 g/mol. The van der Waals surface area contributed by atoms with Gasteiger partial charge < -0.3 is 14.6 Å². The molecule has 1 aliphatic heterocycles. The van der Waals surface area contributed by atoms with Crippen LogP contribution in [0.5, 0.6) is 5.75 Å². The first-order valence-electron chi connectivity index (χ1n) is 7.65. The fourth-order valence-corrected chi connectivity index (χ4v) is 2.66. The fraction of sp³-hybridized carbons (Fsp3) is 0.438. The number of hydrogen-bond acceptors (Lipinski definition) is 4. The van der Waals surface area contributed by atoms with E-state index in [0.717, 1.165) is 11.4 Å². The van der Waals surface area contributed by atoms with Crippen LogP contribution >= 0.6 is 0 Å². The Labute approximate surface area is 133 Å². The van der Waals surface area contributed by atoms with E-state index in [1.54, 1.807) is 12.4 Å². The van der Waals surface area contributed by atoms with E-state index in [1.807, 2.05) is 18.4 Å². The Kier molecular flexibility index (Phi) is 4.27. The summed E-state index contributed by atoms with van der Waals surface area (Å²) in [5.74, 6) is 1.23. The van der Waals surface area contributed by atoms with Crippen LogP contribution in [0, 0.1) is 5.82 Å². The number of nitrogens with one attached hydrogen (secondary N) is 1. The third-order valence-corrected chi connectivity index (χ3v) is 3.80. The second kappa shape index (κ2) is 6.36. The maximum atomic E-state index is 13.2. The van der Waals surface area contributed by atoms with E-state index in [9.17, 15) is 9.18 Å². The van der Waals surface area contributed by atoms with Gasteiger partial charge in [-0.1, -0.05) is 13.8 Å². The van der Waals surface area contributed by atoms with Crippen molar-refractivity contribution in [2.45, 2.75) is 38.8 Å². The van der Waals surface area contributed by atoms with Gasteiger partial charge >= 0.3 is 0 Å². The van der Waals surface area contributed by atoms with Crippen molar-refractivity contribution in [2.24, 2.45) is 0 Å². The molecule has 122 valence electrons. The van der Waals surface area contributed by atoms with Gasteiger partial charge in [0.1, 0.15) is 23.7 Å². The van der Waals surface area contributed by atoms with E-state index in [0.29, 0.717) is 25.3 Å². The Balaban J connectivity index is 1.52. The lowest BCUT2D eigenvalue weighted by molar-refractivity contribution is -0.127. The molecule has 1 aromatic heterocycles. The van der Waals surface area contributed by atoms with Gasteiger partial charge in [-0.15, -0.1) is 10.2 Å². The van der Waals surface area contributed by atoms with Crippen molar-refractivity contribution in [1.29, 1.82) is 0 Å². The van der Waals surface area contributed by atoms with E-state index in [1.165, 1.54) is 12.1 Å². The molecule has 0 aliphatic carbocycles. The Morgan fingerprint density at radius 1 is 1.52 bits per heavy atom. The van der Waals surface area contributed by atoms with Gasteiger partial charge in [0.25, 0.3) is 5.91 Å². The molecule has 0 spiro atoms. The predicted octanol–water partition coefficient (Wildman–Crippen LogP) is 1.66. The minimum absolute atomic E-state index is 0.194. The third-order valence-electron chi connectivity index (χ3n) is 3.80. The zero-order valence-electron chi connectivity index (χ0n) is 13.1. The number of aromatic nitrogens is 3. The van der Waals surface area contributed by atoms with Crippen LogP contribution in [0.25, 0.3) is 0 Å². The molecule has 1 aliphatic rings. The van der Waals surface area contributed by atoms with E-state index in [4.69, 9.17) is 4.74 Å². The van der Waals surface area contributed by atoms with Crippen molar-refractivity contribution in [2.75, 3.05) is 6.54 Å². The number of benzene rings is 1. The van der Waals surface area contributed by atoms with Crippen molar-refractivity contribution in [3.63, 3.8) is 0 Å². The van der Waals surface area contributed by atoms with Gasteiger partial charge in [-0.3, -0.25) is 4.79 Å². The second-order valence-electron chi connectivity index (χ2n) is 5.89. The zero-order valence-corrected chi connectivity index (χ0v) is 13.1. The number of fused-ring (bicyclic) bond motifs is 1. The van der Waals surface area contributed by atoms with E-state index in [-0.39, 0.29) is 17.6 Å². The predicted molar refractivity (Wildman–Crippen MR) is 81.6 cm³/mol. The second-order valence-corrected chi connectivity index (χ2v) is 5.89. The summed E-state index contributed by atoms with van der Waals surface area (Å²) in [6.07, 6.45) is 1.45. The lowest BCUT2D eigenvalue weighted by atomic mass is 10.1.